The van der Waals surface area contributed by atoms with Crippen LogP contribution < -0.4 is 15.4 Å². The number of aromatic nitrogens is 1. The van der Waals surface area contributed by atoms with Crippen LogP contribution in [0.1, 0.15) is 22.4 Å². The van der Waals surface area contributed by atoms with Crippen molar-refractivity contribution in [3.05, 3.63) is 44.9 Å². The normalized spacial score (nSPS) is 11.0. The van der Waals surface area contributed by atoms with E-state index in [1.54, 1.807) is 18.4 Å². The molecule has 2 rings (SSSR count). The SMILES string of the molecule is CCNC(=NCCc1ncc(C)s1)NCCc1ccc(OC)cc1Cl.I. The Morgan fingerprint density at radius 3 is 2.73 bits per heavy atom. The Morgan fingerprint density at radius 1 is 1.31 bits per heavy atom. The second-order valence-electron chi connectivity index (χ2n) is 5.51. The molecule has 0 unspecified atom stereocenters. The molecule has 0 aliphatic heterocycles. The summed E-state index contributed by atoms with van der Waals surface area (Å²) in [6, 6.07) is 5.76. The van der Waals surface area contributed by atoms with Crippen LogP contribution in [-0.2, 0) is 12.8 Å². The summed E-state index contributed by atoms with van der Waals surface area (Å²) in [4.78, 5) is 10.2. The van der Waals surface area contributed by atoms with E-state index < -0.39 is 0 Å². The first-order valence-corrected chi connectivity index (χ1v) is 9.57. The second-order valence-corrected chi connectivity index (χ2v) is 7.24. The number of methoxy groups -OCH3 is 1. The third-order valence-corrected chi connectivity index (χ3v) is 4.88. The van der Waals surface area contributed by atoms with Crippen molar-refractivity contribution in [2.45, 2.75) is 26.7 Å². The minimum absolute atomic E-state index is 0. The van der Waals surface area contributed by atoms with Crippen molar-refractivity contribution in [1.82, 2.24) is 15.6 Å². The second kappa shape index (κ2) is 12.3. The molecule has 0 amide bonds. The predicted molar refractivity (Wildman–Crippen MR) is 122 cm³/mol. The van der Waals surface area contributed by atoms with Gasteiger partial charge in [-0.3, -0.25) is 4.99 Å². The standard InChI is InChI=1S/C18H25ClN4OS.HI/c1-4-20-18(22-10-8-17-23-12-13(2)25-17)21-9-7-14-5-6-15(24-3)11-16(14)19;/h5-6,11-12H,4,7-10H2,1-3H3,(H2,20,21,22);1H. The molecule has 2 aromatic rings. The number of rotatable bonds is 8. The first kappa shape index (κ1) is 23.0. The number of hydrogen-bond donors (Lipinski definition) is 2. The summed E-state index contributed by atoms with van der Waals surface area (Å²) in [5, 5.41) is 8.46. The van der Waals surface area contributed by atoms with Gasteiger partial charge in [0, 0.05) is 42.2 Å². The molecule has 2 N–H and O–H groups in total. The van der Waals surface area contributed by atoms with Crippen LogP contribution in [0.3, 0.4) is 0 Å². The Labute approximate surface area is 181 Å². The third kappa shape index (κ3) is 7.67. The highest BCUT2D eigenvalue weighted by atomic mass is 127. The fourth-order valence-corrected chi connectivity index (χ4v) is 3.34. The molecule has 0 saturated carbocycles. The van der Waals surface area contributed by atoms with E-state index in [4.69, 9.17) is 16.3 Å². The van der Waals surface area contributed by atoms with Crippen molar-refractivity contribution in [3.63, 3.8) is 0 Å². The molecule has 0 saturated heterocycles. The van der Waals surface area contributed by atoms with Crippen LogP contribution in [0, 0.1) is 6.92 Å². The number of aryl methyl sites for hydroxylation is 1. The quantitative estimate of drug-likeness (QED) is 0.321. The van der Waals surface area contributed by atoms with E-state index in [0.717, 1.165) is 53.2 Å². The lowest BCUT2D eigenvalue weighted by Crippen LogP contribution is -2.38. The van der Waals surface area contributed by atoms with E-state index in [0.29, 0.717) is 6.54 Å². The fourth-order valence-electron chi connectivity index (χ4n) is 2.30. The number of nitrogens with one attached hydrogen (secondary N) is 2. The van der Waals surface area contributed by atoms with E-state index in [-0.39, 0.29) is 24.0 Å². The molecular weight excluding hydrogens is 483 g/mol. The van der Waals surface area contributed by atoms with E-state index in [2.05, 4.69) is 34.5 Å². The van der Waals surface area contributed by atoms with Gasteiger partial charge in [0.1, 0.15) is 5.75 Å². The molecule has 144 valence electrons. The Hall–Kier alpha value is -1.06. The Bertz CT molecular complexity index is 708. The maximum atomic E-state index is 6.28. The Morgan fingerprint density at radius 2 is 2.12 bits per heavy atom. The van der Waals surface area contributed by atoms with Crippen molar-refractivity contribution in [1.29, 1.82) is 0 Å². The van der Waals surface area contributed by atoms with E-state index in [9.17, 15) is 0 Å². The fraction of sp³-hybridized carbons (Fsp3) is 0.444. The Kier molecular flexibility index (Phi) is 10.9. The number of hydrogen-bond acceptors (Lipinski definition) is 4. The maximum Gasteiger partial charge on any atom is 0.191 e. The zero-order valence-corrected chi connectivity index (χ0v) is 19.2. The van der Waals surface area contributed by atoms with Gasteiger partial charge in [0.15, 0.2) is 5.96 Å². The van der Waals surface area contributed by atoms with Gasteiger partial charge in [0.05, 0.1) is 12.1 Å². The highest BCUT2D eigenvalue weighted by Gasteiger charge is 2.04. The summed E-state index contributed by atoms with van der Waals surface area (Å²) in [5.74, 6) is 1.59. The molecular formula is C18H26ClIN4OS. The monoisotopic (exact) mass is 508 g/mol. The number of ether oxygens (including phenoxy) is 1. The van der Waals surface area contributed by atoms with Gasteiger partial charge in [-0.05, 0) is 38.0 Å². The van der Waals surface area contributed by atoms with Gasteiger partial charge in [-0.2, -0.15) is 0 Å². The average molecular weight is 509 g/mol. The number of halogens is 2. The zero-order valence-electron chi connectivity index (χ0n) is 15.3. The van der Waals surface area contributed by atoms with Gasteiger partial charge in [-0.1, -0.05) is 17.7 Å². The summed E-state index contributed by atoms with van der Waals surface area (Å²) < 4.78 is 5.17. The van der Waals surface area contributed by atoms with Crippen molar-refractivity contribution in [2.75, 3.05) is 26.7 Å². The van der Waals surface area contributed by atoms with Crippen molar-refractivity contribution >= 4 is 52.9 Å². The molecule has 1 heterocycles. The molecule has 0 fully saturated rings. The van der Waals surface area contributed by atoms with Crippen molar-refractivity contribution in [2.24, 2.45) is 4.99 Å². The van der Waals surface area contributed by atoms with Gasteiger partial charge in [0.25, 0.3) is 0 Å². The lowest BCUT2D eigenvalue weighted by atomic mass is 10.1. The molecule has 26 heavy (non-hydrogen) atoms. The summed E-state index contributed by atoms with van der Waals surface area (Å²) in [6.07, 6.45) is 3.59. The molecule has 1 aromatic carbocycles. The van der Waals surface area contributed by atoms with Gasteiger partial charge in [-0.15, -0.1) is 35.3 Å². The molecule has 5 nitrogen and oxygen atoms in total. The van der Waals surface area contributed by atoms with E-state index in [1.807, 2.05) is 24.4 Å². The van der Waals surface area contributed by atoms with Gasteiger partial charge in [-0.25, -0.2) is 4.98 Å². The predicted octanol–water partition coefficient (Wildman–Crippen LogP) is 4.07. The van der Waals surface area contributed by atoms with Crippen LogP contribution in [0.4, 0.5) is 0 Å². The van der Waals surface area contributed by atoms with Gasteiger partial charge in [0.2, 0.25) is 0 Å². The van der Waals surface area contributed by atoms with Crippen LogP contribution in [0.5, 0.6) is 5.75 Å². The average Bonchev–Trinajstić information content (AvgIpc) is 3.01. The smallest absolute Gasteiger partial charge is 0.191 e. The van der Waals surface area contributed by atoms with Crippen LogP contribution in [0.15, 0.2) is 29.4 Å². The lowest BCUT2D eigenvalue weighted by molar-refractivity contribution is 0.414. The topological polar surface area (TPSA) is 58.5 Å². The van der Waals surface area contributed by atoms with Crippen LogP contribution in [-0.4, -0.2) is 37.7 Å². The van der Waals surface area contributed by atoms with Crippen LogP contribution in [0.25, 0.3) is 0 Å². The molecule has 0 radical (unpaired) electrons. The molecule has 1 aromatic heterocycles. The number of nitrogens with zero attached hydrogens (tertiary/aromatic N) is 2. The number of guanidine groups is 1. The molecule has 0 spiro atoms. The third-order valence-electron chi connectivity index (χ3n) is 3.56. The zero-order chi connectivity index (χ0) is 18.1. The maximum absolute atomic E-state index is 6.28. The number of thiazole rings is 1. The molecule has 0 aliphatic carbocycles. The van der Waals surface area contributed by atoms with Crippen molar-refractivity contribution in [3.8, 4) is 5.75 Å². The minimum Gasteiger partial charge on any atom is -0.497 e. The highest BCUT2D eigenvalue weighted by Crippen LogP contribution is 2.22. The summed E-state index contributed by atoms with van der Waals surface area (Å²) in [5.41, 5.74) is 1.09. The molecule has 8 heteroatoms. The van der Waals surface area contributed by atoms with E-state index >= 15 is 0 Å². The van der Waals surface area contributed by atoms with Crippen LogP contribution in [0.2, 0.25) is 5.02 Å². The Balaban J connectivity index is 0.00000338. The molecule has 0 bridgehead atoms. The number of aliphatic imine (C=N–C) groups is 1. The summed E-state index contributed by atoms with van der Waals surface area (Å²) >= 11 is 8.00. The number of benzene rings is 1. The molecule has 0 atom stereocenters. The summed E-state index contributed by atoms with van der Waals surface area (Å²) in [6.45, 7) is 6.42. The van der Waals surface area contributed by atoms with Crippen LogP contribution >= 0.6 is 46.9 Å². The van der Waals surface area contributed by atoms with Gasteiger partial charge < -0.3 is 15.4 Å². The first-order chi connectivity index (χ1) is 12.1. The van der Waals surface area contributed by atoms with Gasteiger partial charge >= 0.3 is 0 Å². The summed E-state index contributed by atoms with van der Waals surface area (Å²) in [7, 11) is 1.64. The highest BCUT2D eigenvalue weighted by molar-refractivity contribution is 14.0. The largest absolute Gasteiger partial charge is 0.497 e. The minimum atomic E-state index is 0. The molecule has 0 aliphatic rings. The van der Waals surface area contributed by atoms with E-state index in [1.165, 1.54) is 4.88 Å². The lowest BCUT2D eigenvalue weighted by Gasteiger charge is -2.12. The van der Waals surface area contributed by atoms with Crippen molar-refractivity contribution < 1.29 is 4.74 Å². The first-order valence-electron chi connectivity index (χ1n) is 8.38.